The molecule has 0 aromatic heterocycles. The van der Waals surface area contributed by atoms with Crippen molar-refractivity contribution < 1.29 is 4.79 Å². The first-order valence-electron chi connectivity index (χ1n) is 8.78. The van der Waals surface area contributed by atoms with E-state index in [1.807, 2.05) is 6.92 Å². The van der Waals surface area contributed by atoms with Gasteiger partial charge < -0.3 is 0 Å². The Kier molecular flexibility index (Phi) is 11.8. The lowest BCUT2D eigenvalue weighted by Gasteiger charge is -2.10. The average molecular weight is 305 g/mol. The number of hydrogen-bond donors (Lipinski definition) is 0. The molecule has 0 rings (SSSR count). The molecule has 0 saturated heterocycles. The van der Waals surface area contributed by atoms with Crippen LogP contribution in [-0.2, 0) is 4.79 Å². The summed E-state index contributed by atoms with van der Waals surface area (Å²) >= 11 is 0. The topological polar surface area (TPSA) is 17.1 Å². The highest BCUT2D eigenvalue weighted by Gasteiger charge is 2.01. The molecule has 22 heavy (non-hydrogen) atoms. The number of rotatable bonds is 11. The first-order chi connectivity index (χ1) is 10.3. The third kappa shape index (κ3) is 13.9. The van der Waals surface area contributed by atoms with Crippen LogP contribution in [0.3, 0.4) is 0 Å². The van der Waals surface area contributed by atoms with Crippen molar-refractivity contribution in [3.8, 4) is 0 Å². The molecule has 0 saturated carbocycles. The molecule has 0 unspecified atom stereocenters. The van der Waals surface area contributed by atoms with E-state index in [2.05, 4.69) is 39.8 Å². The van der Waals surface area contributed by atoms with Gasteiger partial charge in [-0.15, -0.1) is 0 Å². The van der Waals surface area contributed by atoms with Gasteiger partial charge >= 0.3 is 0 Å². The highest BCUT2D eigenvalue weighted by molar-refractivity contribution is 5.87. The van der Waals surface area contributed by atoms with Crippen LogP contribution >= 0.6 is 0 Å². The van der Waals surface area contributed by atoms with Gasteiger partial charge in [-0.05, 0) is 85.1 Å². The molecular weight excluding hydrogens is 268 g/mol. The maximum atomic E-state index is 11.0. The van der Waals surface area contributed by atoms with Gasteiger partial charge in [0.1, 0.15) is 0 Å². The van der Waals surface area contributed by atoms with Gasteiger partial charge in [-0.1, -0.05) is 42.2 Å². The molecule has 0 aliphatic rings. The highest BCUT2D eigenvalue weighted by Crippen LogP contribution is 2.18. The Morgan fingerprint density at radius 3 is 2.14 bits per heavy atom. The summed E-state index contributed by atoms with van der Waals surface area (Å²) in [6.07, 6.45) is 14.8. The fourth-order valence-electron chi connectivity index (χ4n) is 2.60. The molecule has 0 spiro atoms. The highest BCUT2D eigenvalue weighted by atomic mass is 16.1. The molecule has 0 heterocycles. The predicted octanol–water partition coefficient (Wildman–Crippen LogP) is 6.80. The lowest BCUT2D eigenvalue weighted by Crippen LogP contribution is -1.94. The van der Waals surface area contributed by atoms with Crippen molar-refractivity contribution in [2.24, 2.45) is 5.92 Å². The van der Waals surface area contributed by atoms with Gasteiger partial charge in [0, 0.05) is 0 Å². The molecule has 0 aromatic carbocycles. The van der Waals surface area contributed by atoms with Crippen LogP contribution in [0, 0.1) is 5.92 Å². The molecule has 1 nitrogen and oxygen atoms in total. The Hall–Kier alpha value is -1.11. The number of ketones is 1. The molecule has 0 aliphatic carbocycles. The fourth-order valence-corrected chi connectivity index (χ4v) is 2.60. The van der Waals surface area contributed by atoms with Crippen molar-refractivity contribution in [3.05, 3.63) is 34.9 Å². The molecule has 1 atom stereocenters. The zero-order valence-corrected chi connectivity index (χ0v) is 15.7. The minimum Gasteiger partial charge on any atom is -0.295 e. The molecule has 126 valence electrons. The van der Waals surface area contributed by atoms with Crippen LogP contribution in [0.1, 0.15) is 86.5 Å². The maximum absolute atomic E-state index is 11.0. The maximum Gasteiger partial charge on any atom is 0.152 e. The van der Waals surface area contributed by atoms with E-state index in [0.29, 0.717) is 0 Å². The summed E-state index contributed by atoms with van der Waals surface area (Å²) in [5.74, 6) is 0.976. The van der Waals surface area contributed by atoms with E-state index in [0.717, 1.165) is 18.8 Å². The summed E-state index contributed by atoms with van der Waals surface area (Å²) in [6.45, 7) is 12.6. The third-order valence-electron chi connectivity index (χ3n) is 3.96. The molecule has 0 radical (unpaired) electrons. The third-order valence-corrected chi connectivity index (χ3v) is 3.96. The summed E-state index contributed by atoms with van der Waals surface area (Å²) in [4.78, 5) is 11.0. The summed E-state index contributed by atoms with van der Waals surface area (Å²) < 4.78 is 0. The number of hydrogen-bond acceptors (Lipinski definition) is 1. The standard InChI is InChI=1S/C21H36O/c1-17(2)10-7-11-18(3)12-8-13-19(4)14-9-15-20(5)16-21(6)22/h10,14,16,18H,7-9,11-13,15H2,1-6H3/t18-/m1/s1. The zero-order chi connectivity index (χ0) is 17.0. The molecule has 0 bridgehead atoms. The first kappa shape index (κ1) is 20.9. The van der Waals surface area contributed by atoms with Gasteiger partial charge in [-0.3, -0.25) is 4.79 Å². The van der Waals surface area contributed by atoms with Crippen LogP contribution in [0.4, 0.5) is 0 Å². The van der Waals surface area contributed by atoms with Gasteiger partial charge in [-0.2, -0.15) is 0 Å². The molecule has 0 N–H and O–H groups in total. The number of carbonyl (C=O) groups excluding carboxylic acids is 1. The summed E-state index contributed by atoms with van der Waals surface area (Å²) in [6, 6.07) is 0. The molecule has 0 fully saturated rings. The van der Waals surface area contributed by atoms with Gasteiger partial charge in [0.05, 0.1) is 0 Å². The Bertz CT molecular complexity index is 406. The van der Waals surface area contributed by atoms with Crippen molar-refractivity contribution in [1.82, 2.24) is 0 Å². The molecule has 0 aliphatic heterocycles. The van der Waals surface area contributed by atoms with Crippen molar-refractivity contribution >= 4 is 5.78 Å². The normalized spacial score (nSPS) is 13.9. The van der Waals surface area contributed by atoms with Crippen molar-refractivity contribution in [1.29, 1.82) is 0 Å². The summed E-state index contributed by atoms with van der Waals surface area (Å²) in [5.41, 5.74) is 4.11. The second-order valence-corrected chi connectivity index (χ2v) is 7.05. The van der Waals surface area contributed by atoms with Crippen molar-refractivity contribution in [2.45, 2.75) is 86.5 Å². The average Bonchev–Trinajstić information content (AvgIpc) is 2.37. The van der Waals surface area contributed by atoms with E-state index in [1.54, 1.807) is 13.0 Å². The smallest absolute Gasteiger partial charge is 0.152 e. The van der Waals surface area contributed by atoms with Gasteiger partial charge in [-0.25, -0.2) is 0 Å². The quantitative estimate of drug-likeness (QED) is 0.303. The van der Waals surface area contributed by atoms with E-state index < -0.39 is 0 Å². The molecule has 0 aromatic rings. The second-order valence-electron chi connectivity index (χ2n) is 7.05. The predicted molar refractivity (Wildman–Crippen MR) is 99.1 cm³/mol. The van der Waals surface area contributed by atoms with Crippen LogP contribution in [-0.4, -0.2) is 5.78 Å². The largest absolute Gasteiger partial charge is 0.295 e. The Balaban J connectivity index is 3.84. The van der Waals surface area contributed by atoms with E-state index in [9.17, 15) is 4.79 Å². The van der Waals surface area contributed by atoms with E-state index >= 15 is 0 Å². The van der Waals surface area contributed by atoms with Crippen molar-refractivity contribution in [2.75, 3.05) is 0 Å². The Morgan fingerprint density at radius 2 is 1.55 bits per heavy atom. The monoisotopic (exact) mass is 304 g/mol. The molecule has 1 heteroatoms. The van der Waals surface area contributed by atoms with Crippen molar-refractivity contribution in [3.63, 3.8) is 0 Å². The van der Waals surface area contributed by atoms with Gasteiger partial charge in [0.25, 0.3) is 0 Å². The SMILES string of the molecule is CC(=O)C=C(C)CCC=C(C)CCC[C@H](C)CCC=C(C)C. The number of carbonyl (C=O) groups is 1. The fraction of sp³-hybridized carbons (Fsp3) is 0.667. The number of allylic oxidation sites excluding steroid dienone is 6. The zero-order valence-electron chi connectivity index (χ0n) is 15.7. The van der Waals surface area contributed by atoms with E-state index in [1.165, 1.54) is 48.8 Å². The first-order valence-corrected chi connectivity index (χ1v) is 8.78. The van der Waals surface area contributed by atoms with Crippen LogP contribution in [0.2, 0.25) is 0 Å². The van der Waals surface area contributed by atoms with Crippen LogP contribution in [0.15, 0.2) is 34.9 Å². The van der Waals surface area contributed by atoms with E-state index in [4.69, 9.17) is 0 Å². The second kappa shape index (κ2) is 12.4. The Morgan fingerprint density at radius 1 is 0.864 bits per heavy atom. The Labute approximate surface area is 138 Å². The van der Waals surface area contributed by atoms with E-state index in [-0.39, 0.29) is 5.78 Å². The minimum absolute atomic E-state index is 0.153. The lowest BCUT2D eigenvalue weighted by molar-refractivity contribution is -0.112. The van der Waals surface area contributed by atoms with Crippen LogP contribution in [0.25, 0.3) is 0 Å². The minimum atomic E-state index is 0.153. The molecular formula is C21H36O. The van der Waals surface area contributed by atoms with Crippen LogP contribution in [0.5, 0.6) is 0 Å². The summed E-state index contributed by atoms with van der Waals surface area (Å²) in [7, 11) is 0. The van der Waals surface area contributed by atoms with Gasteiger partial charge in [0.2, 0.25) is 0 Å². The van der Waals surface area contributed by atoms with Crippen LogP contribution < -0.4 is 0 Å². The van der Waals surface area contributed by atoms with Gasteiger partial charge in [0.15, 0.2) is 5.78 Å². The molecule has 0 amide bonds. The summed E-state index contributed by atoms with van der Waals surface area (Å²) in [5, 5.41) is 0. The lowest BCUT2D eigenvalue weighted by atomic mass is 9.96.